The Kier molecular flexibility index (Phi) is 9.19. The summed E-state index contributed by atoms with van der Waals surface area (Å²) in [5.74, 6) is 0.177. The van der Waals surface area contributed by atoms with E-state index in [-0.39, 0.29) is 35.9 Å². The quantitative estimate of drug-likeness (QED) is 0.167. The summed E-state index contributed by atoms with van der Waals surface area (Å²) in [6.07, 6.45) is 2.95. The number of nitrogens with zero attached hydrogens (tertiary/aromatic N) is 2. The summed E-state index contributed by atoms with van der Waals surface area (Å²) >= 11 is 0. The lowest BCUT2D eigenvalue weighted by molar-refractivity contribution is -0.130. The molecule has 156 valence electrons. The molecule has 1 aliphatic rings. The van der Waals surface area contributed by atoms with E-state index in [9.17, 15) is 9.59 Å². The number of aliphatic imine (C=N–C) groups is 1. The lowest BCUT2D eigenvalue weighted by Gasteiger charge is -2.19. The van der Waals surface area contributed by atoms with Crippen LogP contribution in [0.2, 0.25) is 0 Å². The fourth-order valence-corrected chi connectivity index (χ4v) is 3.19. The van der Waals surface area contributed by atoms with Gasteiger partial charge in [0.05, 0.1) is 0 Å². The number of carbonyl (C=O) groups excluding carboxylic acids is 2. The Morgan fingerprint density at radius 2 is 1.82 bits per heavy atom. The van der Waals surface area contributed by atoms with E-state index in [1.165, 1.54) is 16.0 Å². The Morgan fingerprint density at radius 1 is 1.21 bits per heavy atom. The van der Waals surface area contributed by atoms with Crippen molar-refractivity contribution in [3.05, 3.63) is 29.3 Å². The number of urea groups is 1. The van der Waals surface area contributed by atoms with Crippen LogP contribution in [0.25, 0.3) is 0 Å². The van der Waals surface area contributed by atoms with Gasteiger partial charge in [-0.05, 0) is 43.7 Å². The molecule has 1 atom stereocenters. The van der Waals surface area contributed by atoms with Crippen LogP contribution in [0.1, 0.15) is 51.7 Å². The van der Waals surface area contributed by atoms with Gasteiger partial charge in [0.1, 0.15) is 5.54 Å². The van der Waals surface area contributed by atoms with Crippen LogP contribution in [0.3, 0.4) is 0 Å². The predicted octanol–water partition coefficient (Wildman–Crippen LogP) is 3.27. The average molecular weight is 501 g/mol. The molecule has 3 amide bonds. The van der Waals surface area contributed by atoms with Crippen molar-refractivity contribution in [3.8, 4) is 0 Å². The Morgan fingerprint density at radius 3 is 2.32 bits per heavy atom. The maximum atomic E-state index is 12.3. The average Bonchev–Trinajstić information content (AvgIpc) is 2.88. The molecule has 1 aromatic carbocycles. The minimum absolute atomic E-state index is 0. The Hall–Kier alpha value is -1.84. The second kappa shape index (κ2) is 10.6. The first-order valence-corrected chi connectivity index (χ1v) is 9.68. The normalized spacial score (nSPS) is 19.4. The Balaban J connectivity index is 0.00000392. The van der Waals surface area contributed by atoms with Gasteiger partial charge in [-0.25, -0.2) is 4.79 Å². The van der Waals surface area contributed by atoms with E-state index in [0.717, 1.165) is 18.5 Å². The molecular formula is C20H32IN5O2. The first-order chi connectivity index (χ1) is 12.9. The van der Waals surface area contributed by atoms with Crippen molar-refractivity contribution in [1.82, 2.24) is 10.2 Å². The molecule has 7 nitrogen and oxygen atoms in total. The zero-order valence-corrected chi connectivity index (χ0v) is 19.5. The number of guanidine groups is 1. The fourth-order valence-electron chi connectivity index (χ4n) is 3.19. The largest absolute Gasteiger partial charge is 0.370 e. The maximum absolute atomic E-state index is 12.3. The number of halogens is 1. The second-order valence-electron chi connectivity index (χ2n) is 6.98. The van der Waals surface area contributed by atoms with Crippen molar-refractivity contribution < 1.29 is 9.59 Å². The molecule has 0 radical (unpaired) electrons. The van der Waals surface area contributed by atoms with Gasteiger partial charge < -0.3 is 16.4 Å². The molecule has 1 heterocycles. The monoisotopic (exact) mass is 501 g/mol. The van der Waals surface area contributed by atoms with Crippen molar-refractivity contribution in [2.24, 2.45) is 10.7 Å². The summed E-state index contributed by atoms with van der Waals surface area (Å²) < 4.78 is 0. The number of nitrogens with one attached hydrogen (secondary N) is 2. The number of anilines is 1. The molecule has 1 fully saturated rings. The van der Waals surface area contributed by atoms with Crippen molar-refractivity contribution in [2.45, 2.75) is 58.9 Å². The van der Waals surface area contributed by atoms with Gasteiger partial charge in [0.15, 0.2) is 5.96 Å². The number of imide groups is 1. The van der Waals surface area contributed by atoms with Crippen LogP contribution >= 0.6 is 24.0 Å². The number of amides is 3. The molecule has 0 bridgehead atoms. The van der Waals surface area contributed by atoms with Crippen LogP contribution in [-0.4, -0.2) is 41.4 Å². The highest BCUT2D eigenvalue weighted by atomic mass is 127. The minimum Gasteiger partial charge on any atom is -0.370 e. The summed E-state index contributed by atoms with van der Waals surface area (Å²) in [4.78, 5) is 30.0. The SMILES string of the molecule is CCc1cccc(CC)c1NC(N)=NCCCN1C(=O)NC(C)(CC)C1=O.I. The number of nitrogens with two attached hydrogens (primary N) is 1. The summed E-state index contributed by atoms with van der Waals surface area (Å²) in [7, 11) is 0. The highest BCUT2D eigenvalue weighted by Crippen LogP contribution is 2.22. The van der Waals surface area contributed by atoms with Gasteiger partial charge in [-0.15, -0.1) is 24.0 Å². The molecule has 0 aromatic heterocycles. The van der Waals surface area contributed by atoms with Crippen LogP contribution in [0, 0.1) is 0 Å². The molecule has 0 saturated carbocycles. The third-order valence-corrected chi connectivity index (χ3v) is 5.13. The van der Waals surface area contributed by atoms with Crippen molar-refractivity contribution in [1.29, 1.82) is 0 Å². The van der Waals surface area contributed by atoms with Gasteiger partial charge in [-0.1, -0.05) is 39.0 Å². The lowest BCUT2D eigenvalue weighted by Crippen LogP contribution is -2.43. The van der Waals surface area contributed by atoms with Gasteiger partial charge in [0.25, 0.3) is 5.91 Å². The number of hydrogen-bond acceptors (Lipinski definition) is 3. The van der Waals surface area contributed by atoms with Crippen LogP contribution in [-0.2, 0) is 17.6 Å². The third kappa shape index (κ3) is 5.36. The summed E-state index contributed by atoms with van der Waals surface area (Å²) in [6.45, 7) is 8.63. The van der Waals surface area contributed by atoms with E-state index in [2.05, 4.69) is 47.7 Å². The topological polar surface area (TPSA) is 99.8 Å². The van der Waals surface area contributed by atoms with E-state index in [0.29, 0.717) is 31.9 Å². The lowest BCUT2D eigenvalue weighted by atomic mass is 9.99. The molecule has 1 unspecified atom stereocenters. The van der Waals surface area contributed by atoms with Gasteiger partial charge in [-0.2, -0.15) is 0 Å². The molecule has 0 spiro atoms. The number of carbonyl (C=O) groups is 2. The molecule has 28 heavy (non-hydrogen) atoms. The van der Waals surface area contributed by atoms with Crippen molar-refractivity contribution in [2.75, 3.05) is 18.4 Å². The van der Waals surface area contributed by atoms with E-state index >= 15 is 0 Å². The van der Waals surface area contributed by atoms with Crippen LogP contribution in [0.5, 0.6) is 0 Å². The molecule has 1 aliphatic heterocycles. The number of para-hydroxylation sites is 1. The summed E-state index contributed by atoms with van der Waals surface area (Å²) in [5.41, 5.74) is 8.68. The third-order valence-electron chi connectivity index (χ3n) is 5.13. The maximum Gasteiger partial charge on any atom is 0.325 e. The highest BCUT2D eigenvalue weighted by molar-refractivity contribution is 14.0. The van der Waals surface area contributed by atoms with E-state index in [1.807, 2.05) is 6.92 Å². The van der Waals surface area contributed by atoms with Crippen LogP contribution in [0.4, 0.5) is 10.5 Å². The van der Waals surface area contributed by atoms with Crippen molar-refractivity contribution >= 4 is 47.6 Å². The first-order valence-electron chi connectivity index (χ1n) is 9.68. The van der Waals surface area contributed by atoms with Crippen molar-refractivity contribution in [3.63, 3.8) is 0 Å². The smallest absolute Gasteiger partial charge is 0.325 e. The molecule has 0 aliphatic carbocycles. The number of benzene rings is 1. The number of rotatable bonds is 8. The zero-order chi connectivity index (χ0) is 20.0. The van der Waals surface area contributed by atoms with E-state index < -0.39 is 5.54 Å². The van der Waals surface area contributed by atoms with Gasteiger partial charge >= 0.3 is 6.03 Å². The van der Waals surface area contributed by atoms with E-state index in [1.54, 1.807) is 6.92 Å². The molecular weight excluding hydrogens is 469 g/mol. The van der Waals surface area contributed by atoms with Gasteiger partial charge in [0.2, 0.25) is 0 Å². The number of aryl methyl sites for hydroxylation is 2. The summed E-state index contributed by atoms with van der Waals surface area (Å²) in [6, 6.07) is 5.89. The fraction of sp³-hybridized carbons (Fsp3) is 0.550. The van der Waals surface area contributed by atoms with Gasteiger partial charge in [-0.3, -0.25) is 14.7 Å². The molecule has 4 N–H and O–H groups in total. The van der Waals surface area contributed by atoms with Crippen LogP contribution < -0.4 is 16.4 Å². The van der Waals surface area contributed by atoms with Crippen LogP contribution in [0.15, 0.2) is 23.2 Å². The second-order valence-corrected chi connectivity index (χ2v) is 6.98. The minimum atomic E-state index is -0.790. The first kappa shape index (κ1) is 24.2. The Labute approximate surface area is 184 Å². The molecule has 1 aromatic rings. The predicted molar refractivity (Wildman–Crippen MR) is 124 cm³/mol. The zero-order valence-electron chi connectivity index (χ0n) is 17.2. The van der Waals surface area contributed by atoms with Gasteiger partial charge in [0, 0.05) is 18.8 Å². The Bertz CT molecular complexity index is 715. The molecule has 8 heteroatoms. The summed E-state index contributed by atoms with van der Waals surface area (Å²) in [5, 5.41) is 5.97. The highest BCUT2D eigenvalue weighted by Gasteiger charge is 2.45. The number of hydrogen-bond donors (Lipinski definition) is 3. The van der Waals surface area contributed by atoms with E-state index in [4.69, 9.17) is 5.73 Å². The molecule has 2 rings (SSSR count). The standard InChI is InChI=1S/C20H31N5O2.HI/c1-5-14-10-8-11-15(6-2)16(14)23-18(21)22-12-9-13-25-17(26)20(4,7-3)24-19(25)27;/h8,10-11H,5-7,9,12-13H2,1-4H3,(H,24,27)(H3,21,22,23);1H. The molecule has 1 saturated heterocycles.